The molecule has 0 aliphatic carbocycles. The zero-order valence-corrected chi connectivity index (χ0v) is 19.7. The summed E-state index contributed by atoms with van der Waals surface area (Å²) in [6.45, 7) is 1.67. The number of hydrogen-bond acceptors (Lipinski definition) is 7. The number of aromatic nitrogens is 5. The zero-order chi connectivity index (χ0) is 26.2. The molecule has 2 N–H and O–H groups in total. The lowest BCUT2D eigenvalue weighted by molar-refractivity contribution is -0.134. The maximum atomic E-state index is 14.1. The van der Waals surface area contributed by atoms with E-state index in [2.05, 4.69) is 44.6 Å². The van der Waals surface area contributed by atoms with E-state index in [1.807, 2.05) is 18.2 Å². The highest BCUT2D eigenvalue weighted by Gasteiger charge is 2.18. The molecule has 3 aromatic heterocycles. The quantitative estimate of drug-likeness (QED) is 0.324. The lowest BCUT2D eigenvalue weighted by Gasteiger charge is -2.07. The molecule has 5 rings (SSSR count). The summed E-state index contributed by atoms with van der Waals surface area (Å²) in [5, 5.41) is 19.5. The number of nitrogens with zero attached hydrogens (tertiary/aromatic N) is 5. The molecule has 9 nitrogen and oxygen atoms in total. The summed E-state index contributed by atoms with van der Waals surface area (Å²) in [7, 11) is 0. The van der Waals surface area contributed by atoms with Crippen molar-refractivity contribution in [2.45, 2.75) is 13.5 Å². The van der Waals surface area contributed by atoms with Crippen molar-refractivity contribution in [2.75, 3.05) is 11.9 Å². The third-order valence-corrected chi connectivity index (χ3v) is 5.08. The van der Waals surface area contributed by atoms with Crippen molar-refractivity contribution in [3.8, 4) is 22.9 Å². The van der Waals surface area contributed by atoms with Crippen LogP contribution in [-0.4, -0.2) is 42.5 Å². The number of carboxylic acids is 1. The fourth-order valence-corrected chi connectivity index (χ4v) is 3.29. The summed E-state index contributed by atoms with van der Waals surface area (Å²) in [6, 6.07) is 19.8. The Morgan fingerprint density at radius 2 is 1.78 bits per heavy atom. The van der Waals surface area contributed by atoms with Crippen molar-refractivity contribution in [1.82, 2.24) is 24.9 Å². The maximum Gasteiger partial charge on any atom is 0.322 e. The Kier molecular flexibility index (Phi) is 7.94. The van der Waals surface area contributed by atoms with E-state index in [4.69, 9.17) is 9.63 Å². The Labute approximate surface area is 210 Å². The van der Waals surface area contributed by atoms with Gasteiger partial charge < -0.3 is 14.9 Å². The van der Waals surface area contributed by atoms with E-state index >= 15 is 0 Å². The fraction of sp³-hybridized carbons (Fsp3) is 0.115. The third kappa shape index (κ3) is 6.60. The minimum absolute atomic E-state index is 0.0568. The maximum absolute atomic E-state index is 14.1. The van der Waals surface area contributed by atoms with Crippen molar-refractivity contribution >= 4 is 11.8 Å². The normalized spacial score (nSPS) is 10.5. The molecule has 0 saturated carbocycles. The predicted molar refractivity (Wildman–Crippen MR) is 132 cm³/mol. The average molecular weight is 504 g/mol. The highest BCUT2D eigenvalue weighted by Crippen LogP contribution is 2.25. The van der Waals surface area contributed by atoms with Gasteiger partial charge in [-0.25, -0.2) is 18.7 Å². The van der Waals surface area contributed by atoms with Crippen LogP contribution in [0.2, 0.25) is 0 Å². The Hall–Kier alpha value is -4.93. The SMILES string of the molecule is Cc1ccccc1.O=C(O)CNc1nc(-c2cc(-c3ccon3)n(Cc3ccccc3F)n2)ncc1F. The first-order valence-corrected chi connectivity index (χ1v) is 11.1. The molecular weight excluding hydrogens is 482 g/mol. The Balaban J connectivity index is 0.000000396. The molecule has 0 bridgehead atoms. The largest absolute Gasteiger partial charge is 0.480 e. The van der Waals surface area contributed by atoms with Crippen LogP contribution < -0.4 is 5.32 Å². The van der Waals surface area contributed by atoms with Gasteiger partial charge in [0.15, 0.2) is 17.5 Å². The molecule has 0 radical (unpaired) electrons. The van der Waals surface area contributed by atoms with Gasteiger partial charge in [0.1, 0.15) is 30.0 Å². The second-order valence-electron chi connectivity index (χ2n) is 7.84. The minimum atomic E-state index is -1.17. The van der Waals surface area contributed by atoms with Gasteiger partial charge in [0.2, 0.25) is 0 Å². The van der Waals surface area contributed by atoms with E-state index in [0.717, 1.165) is 6.20 Å². The van der Waals surface area contributed by atoms with Crippen molar-refractivity contribution in [2.24, 2.45) is 0 Å². The van der Waals surface area contributed by atoms with Gasteiger partial charge in [-0.15, -0.1) is 0 Å². The number of carbonyl (C=O) groups is 1. The van der Waals surface area contributed by atoms with Crippen molar-refractivity contribution in [1.29, 1.82) is 0 Å². The van der Waals surface area contributed by atoms with Crippen LogP contribution in [0.3, 0.4) is 0 Å². The van der Waals surface area contributed by atoms with Gasteiger partial charge in [-0.05, 0) is 19.1 Å². The van der Waals surface area contributed by atoms with Crippen molar-refractivity contribution in [3.05, 3.63) is 102 Å². The number of aliphatic carboxylic acids is 1. The number of rotatable bonds is 7. The molecule has 0 spiro atoms. The number of anilines is 1. The van der Waals surface area contributed by atoms with Gasteiger partial charge in [-0.3, -0.25) is 9.48 Å². The summed E-state index contributed by atoms with van der Waals surface area (Å²) in [4.78, 5) is 18.7. The molecule has 5 aromatic rings. The molecule has 3 heterocycles. The predicted octanol–water partition coefficient (Wildman–Crippen LogP) is 4.81. The highest BCUT2D eigenvalue weighted by atomic mass is 19.1. The number of halogens is 2. The molecule has 0 fully saturated rings. The van der Waals surface area contributed by atoms with E-state index in [1.54, 1.807) is 30.3 Å². The second kappa shape index (κ2) is 11.7. The van der Waals surface area contributed by atoms with Crippen LogP contribution in [0.25, 0.3) is 22.9 Å². The third-order valence-electron chi connectivity index (χ3n) is 5.08. The minimum Gasteiger partial charge on any atom is -0.480 e. The van der Waals surface area contributed by atoms with Gasteiger partial charge in [-0.1, -0.05) is 59.3 Å². The van der Waals surface area contributed by atoms with Gasteiger partial charge in [0.05, 0.1) is 18.4 Å². The molecule has 0 saturated heterocycles. The van der Waals surface area contributed by atoms with E-state index in [9.17, 15) is 13.6 Å². The number of aryl methyl sites for hydroxylation is 1. The molecule has 0 amide bonds. The van der Waals surface area contributed by atoms with E-state index in [1.165, 1.54) is 22.6 Å². The summed E-state index contributed by atoms with van der Waals surface area (Å²) in [5.41, 5.74) is 2.96. The lowest BCUT2D eigenvalue weighted by Crippen LogP contribution is -2.15. The monoisotopic (exact) mass is 504 g/mol. The van der Waals surface area contributed by atoms with Crippen LogP contribution in [0.4, 0.5) is 14.6 Å². The number of nitrogens with one attached hydrogen (secondary N) is 1. The van der Waals surface area contributed by atoms with Crippen LogP contribution in [0.1, 0.15) is 11.1 Å². The Morgan fingerprint density at radius 1 is 1.03 bits per heavy atom. The number of carboxylic acid groups (broad SMARTS) is 1. The van der Waals surface area contributed by atoms with E-state index in [0.29, 0.717) is 17.0 Å². The standard InChI is InChI=1S/C19H14F2N6O3.C7H8/c20-12-4-2-1-3-11(12)10-27-16(14-5-6-30-26-14)7-15(25-27)19-22-8-13(21)18(24-19)23-9-17(28)29;1-7-5-3-2-4-6-7/h1-8H,9-10H2,(H,28,29)(H,22,23,24);2-6H,1H3. The van der Waals surface area contributed by atoms with Gasteiger partial charge >= 0.3 is 5.97 Å². The Morgan fingerprint density at radius 3 is 2.43 bits per heavy atom. The summed E-state index contributed by atoms with van der Waals surface area (Å²) in [5.74, 6) is -2.58. The first-order chi connectivity index (χ1) is 17.9. The molecule has 0 aliphatic heterocycles. The molecule has 2 aromatic carbocycles. The van der Waals surface area contributed by atoms with Crippen LogP contribution in [0, 0.1) is 18.6 Å². The molecule has 188 valence electrons. The Bertz CT molecular complexity index is 1470. The van der Waals surface area contributed by atoms with Gasteiger partial charge in [0.25, 0.3) is 0 Å². The van der Waals surface area contributed by atoms with Gasteiger partial charge in [-0.2, -0.15) is 5.10 Å². The van der Waals surface area contributed by atoms with Crippen LogP contribution >= 0.6 is 0 Å². The van der Waals surface area contributed by atoms with Crippen LogP contribution in [-0.2, 0) is 11.3 Å². The molecule has 0 unspecified atom stereocenters. The smallest absolute Gasteiger partial charge is 0.322 e. The molecule has 11 heteroatoms. The first kappa shape index (κ1) is 25.2. The van der Waals surface area contributed by atoms with E-state index < -0.39 is 18.3 Å². The van der Waals surface area contributed by atoms with Crippen LogP contribution in [0.15, 0.2) is 83.7 Å². The van der Waals surface area contributed by atoms with E-state index in [-0.39, 0.29) is 29.7 Å². The molecule has 37 heavy (non-hydrogen) atoms. The molecular formula is C26H22F2N6O3. The average Bonchev–Trinajstić information content (AvgIpc) is 3.56. The molecule has 0 atom stereocenters. The van der Waals surface area contributed by atoms with Crippen molar-refractivity contribution < 1.29 is 23.2 Å². The fourth-order valence-electron chi connectivity index (χ4n) is 3.29. The lowest BCUT2D eigenvalue weighted by atomic mass is 10.2. The summed E-state index contributed by atoms with van der Waals surface area (Å²) < 4.78 is 34.4. The molecule has 0 aliphatic rings. The topological polar surface area (TPSA) is 119 Å². The van der Waals surface area contributed by atoms with Gasteiger partial charge in [0, 0.05) is 11.6 Å². The number of benzene rings is 2. The second-order valence-corrected chi connectivity index (χ2v) is 7.84. The van der Waals surface area contributed by atoms with Crippen LogP contribution in [0.5, 0.6) is 0 Å². The first-order valence-electron chi connectivity index (χ1n) is 11.1. The number of hydrogen-bond donors (Lipinski definition) is 2. The van der Waals surface area contributed by atoms with Crippen molar-refractivity contribution in [3.63, 3.8) is 0 Å². The highest BCUT2D eigenvalue weighted by molar-refractivity contribution is 5.72. The summed E-state index contributed by atoms with van der Waals surface area (Å²) in [6.07, 6.45) is 2.30. The summed E-state index contributed by atoms with van der Waals surface area (Å²) >= 11 is 0. The zero-order valence-electron chi connectivity index (χ0n) is 19.7.